The van der Waals surface area contributed by atoms with Crippen molar-refractivity contribution in [1.82, 2.24) is 16.0 Å². The molecule has 49 heavy (non-hydrogen) atoms. The summed E-state index contributed by atoms with van der Waals surface area (Å²) in [6.45, 7) is 12.9. The van der Waals surface area contributed by atoms with Crippen molar-refractivity contribution in [2.24, 2.45) is 65.1 Å². The Hall–Kier alpha value is -3.33. The summed E-state index contributed by atoms with van der Waals surface area (Å²) in [5.41, 5.74) is 40.7. The van der Waals surface area contributed by atoms with Crippen LogP contribution >= 0.6 is 0 Å². The van der Waals surface area contributed by atoms with Crippen molar-refractivity contribution < 1.29 is 0 Å². The highest BCUT2D eigenvalue weighted by Crippen LogP contribution is 2.28. The van der Waals surface area contributed by atoms with E-state index in [2.05, 4.69) is 65.5 Å². The summed E-state index contributed by atoms with van der Waals surface area (Å²) < 4.78 is 0. The minimum Gasteiger partial charge on any atom is -0.370 e. The van der Waals surface area contributed by atoms with E-state index in [1.807, 2.05) is 0 Å². The highest BCUT2D eigenvalue weighted by Gasteiger charge is 2.26. The van der Waals surface area contributed by atoms with Gasteiger partial charge in [-0.3, -0.25) is 31.7 Å². The van der Waals surface area contributed by atoms with E-state index in [0.29, 0.717) is 36.9 Å². The van der Waals surface area contributed by atoms with Gasteiger partial charge in [-0.15, -0.1) is 0 Å². The summed E-state index contributed by atoms with van der Waals surface area (Å²) in [5.74, 6) is 1.25. The Labute approximate surface area is 297 Å². The maximum atomic E-state index is 6.27. The third-order valence-corrected chi connectivity index (χ3v) is 9.20. The van der Waals surface area contributed by atoms with Gasteiger partial charge in [-0.05, 0) is 64.3 Å². The molecule has 0 spiro atoms. The molecule has 0 bridgehead atoms. The zero-order chi connectivity index (χ0) is 37.0. The third kappa shape index (κ3) is 22.8. The van der Waals surface area contributed by atoms with Gasteiger partial charge in [-0.1, -0.05) is 92.4 Å². The molecule has 1 unspecified atom stereocenters. The fourth-order valence-electron chi connectivity index (χ4n) is 5.79. The zero-order valence-corrected chi connectivity index (χ0v) is 31.7. The number of hydrogen-bond acceptors (Lipinski definition) is 7. The zero-order valence-electron chi connectivity index (χ0n) is 31.7. The Morgan fingerprint density at radius 3 is 1.35 bits per heavy atom. The number of rotatable bonds is 27. The molecule has 0 aromatic heterocycles. The van der Waals surface area contributed by atoms with Gasteiger partial charge < -0.3 is 34.4 Å². The quantitative estimate of drug-likeness (QED) is 0.0260. The first kappa shape index (κ1) is 45.7. The largest absolute Gasteiger partial charge is 0.370 e. The molecule has 0 fully saturated rings. The van der Waals surface area contributed by atoms with Crippen LogP contribution in [0.15, 0.2) is 25.0 Å². The van der Waals surface area contributed by atoms with Crippen LogP contribution in [0.4, 0.5) is 0 Å². The lowest BCUT2D eigenvalue weighted by Crippen LogP contribution is -2.44. The molecule has 286 valence electrons. The van der Waals surface area contributed by atoms with Crippen molar-refractivity contribution in [2.45, 2.75) is 168 Å². The third-order valence-electron chi connectivity index (χ3n) is 9.20. The molecule has 0 aliphatic heterocycles. The van der Waals surface area contributed by atoms with Crippen LogP contribution in [0.1, 0.15) is 150 Å². The van der Waals surface area contributed by atoms with E-state index in [9.17, 15) is 0 Å². The normalized spacial score (nSPS) is 14.2. The molecular formula is C34H75N15. The average Bonchev–Trinajstić information content (AvgIpc) is 3.05. The summed E-state index contributed by atoms with van der Waals surface area (Å²) >= 11 is 0. The van der Waals surface area contributed by atoms with Crippen molar-refractivity contribution >= 4 is 29.8 Å². The second kappa shape index (κ2) is 27.5. The molecule has 0 aromatic carbocycles. The van der Waals surface area contributed by atoms with E-state index in [1.165, 1.54) is 12.8 Å². The molecule has 15 nitrogen and oxygen atoms in total. The first-order chi connectivity index (χ1) is 23.4. The average molecular weight is 694 g/mol. The summed E-state index contributed by atoms with van der Waals surface area (Å²) in [4.78, 5) is 22.4. The molecule has 0 aliphatic carbocycles. The number of aliphatic imine (C=N–C) groups is 5. The van der Waals surface area contributed by atoms with Gasteiger partial charge in [0.05, 0.1) is 11.1 Å². The van der Waals surface area contributed by atoms with E-state index in [-0.39, 0.29) is 17.0 Å². The second-order valence-electron chi connectivity index (χ2n) is 13.0. The van der Waals surface area contributed by atoms with Gasteiger partial charge >= 0.3 is 0 Å². The number of nitrogens with two attached hydrogens (primary N) is 7. The van der Waals surface area contributed by atoms with Crippen molar-refractivity contribution in [3.63, 3.8) is 0 Å². The number of nitrogens with zero attached hydrogens (tertiary/aromatic N) is 5. The van der Waals surface area contributed by atoms with Crippen LogP contribution < -0.4 is 56.1 Å². The fourth-order valence-corrected chi connectivity index (χ4v) is 5.79. The van der Waals surface area contributed by atoms with E-state index < -0.39 is 6.29 Å². The number of hydrogen-bond donors (Lipinski definition) is 10. The SMILES string of the molecule is CCCCCCN=C(N)NC(N)=NC(CC)(CC)CCCCCCN=C(N)NC(N)=NC(CC)(CC)CCCCCCNC(N)N=C(N)N. The highest BCUT2D eigenvalue weighted by atomic mass is 15.2. The van der Waals surface area contributed by atoms with Crippen LogP contribution in [0, 0.1) is 0 Å². The minimum absolute atomic E-state index is 0.0192. The van der Waals surface area contributed by atoms with Crippen molar-refractivity contribution in [3.05, 3.63) is 0 Å². The summed E-state index contributed by atoms with van der Waals surface area (Å²) in [7, 11) is 0. The fraction of sp³-hybridized carbons (Fsp3) is 0.853. The first-order valence-corrected chi connectivity index (χ1v) is 18.8. The van der Waals surface area contributed by atoms with Gasteiger partial charge in [0.2, 0.25) is 0 Å². The predicted molar refractivity (Wildman–Crippen MR) is 211 cm³/mol. The molecule has 15 heteroatoms. The maximum absolute atomic E-state index is 6.27. The molecule has 0 radical (unpaired) electrons. The molecule has 0 saturated carbocycles. The van der Waals surface area contributed by atoms with Crippen LogP contribution in [-0.2, 0) is 0 Å². The smallest absolute Gasteiger partial charge is 0.195 e. The lowest BCUT2D eigenvalue weighted by molar-refractivity contribution is 0.352. The van der Waals surface area contributed by atoms with E-state index >= 15 is 0 Å². The molecule has 0 aromatic rings. The minimum atomic E-state index is -0.567. The van der Waals surface area contributed by atoms with Crippen molar-refractivity contribution in [2.75, 3.05) is 19.6 Å². The molecule has 1 atom stereocenters. The van der Waals surface area contributed by atoms with Gasteiger partial charge in [-0.2, -0.15) is 0 Å². The Balaban J connectivity index is 4.62. The summed E-state index contributed by atoms with van der Waals surface area (Å²) in [5, 5.41) is 9.05. The second-order valence-corrected chi connectivity index (χ2v) is 13.0. The highest BCUT2D eigenvalue weighted by molar-refractivity contribution is 5.97. The molecule has 0 saturated heterocycles. The van der Waals surface area contributed by atoms with Crippen molar-refractivity contribution in [1.29, 1.82) is 0 Å². The predicted octanol–water partition coefficient (Wildman–Crippen LogP) is 3.13. The summed E-state index contributed by atoms with van der Waals surface area (Å²) in [6.07, 6.45) is 17.9. The Kier molecular flexibility index (Phi) is 25.6. The monoisotopic (exact) mass is 694 g/mol. The lowest BCUT2D eigenvalue weighted by Gasteiger charge is -2.28. The number of nitrogens with one attached hydrogen (secondary N) is 3. The Bertz CT molecular complexity index is 994. The maximum Gasteiger partial charge on any atom is 0.195 e. The molecule has 17 N–H and O–H groups in total. The number of guanidine groups is 5. The van der Waals surface area contributed by atoms with Crippen LogP contribution in [0.25, 0.3) is 0 Å². The number of unbranched alkanes of at least 4 members (excludes halogenated alkanes) is 9. The van der Waals surface area contributed by atoms with Gasteiger partial charge in [0.25, 0.3) is 0 Å². The van der Waals surface area contributed by atoms with E-state index in [1.54, 1.807) is 0 Å². The Morgan fingerprint density at radius 2 is 0.939 bits per heavy atom. The first-order valence-electron chi connectivity index (χ1n) is 18.8. The van der Waals surface area contributed by atoms with Crippen molar-refractivity contribution in [3.8, 4) is 0 Å². The lowest BCUT2D eigenvalue weighted by atomic mass is 9.87. The summed E-state index contributed by atoms with van der Waals surface area (Å²) in [6, 6.07) is 0. The standard InChI is InChI=1S/C34H75N15/c1-6-11-12-19-24-43-29(38)46-31(40)48-34(9-4,10-5)23-18-14-16-21-26-44-30(39)47-32(41)49-33(7-2,8-3)22-17-13-15-20-25-42-28(37)45-27(35)36/h28,42H,6-26,37H2,1-5H3,(H4,35,36,45)(H5,38,40,43,46,48)(H5,39,41,44,47,49). The van der Waals surface area contributed by atoms with Crippen LogP contribution in [-0.4, -0.2) is 66.8 Å². The topological polar surface area (TPSA) is 280 Å². The molecule has 0 amide bonds. The molecule has 0 aliphatic rings. The van der Waals surface area contributed by atoms with Gasteiger partial charge in [0.1, 0.15) is 0 Å². The van der Waals surface area contributed by atoms with Crippen LogP contribution in [0.3, 0.4) is 0 Å². The van der Waals surface area contributed by atoms with E-state index in [0.717, 1.165) is 109 Å². The van der Waals surface area contributed by atoms with Crippen LogP contribution in [0.2, 0.25) is 0 Å². The molecule has 0 rings (SSSR count). The van der Waals surface area contributed by atoms with E-state index in [4.69, 9.17) is 50.1 Å². The molecular weight excluding hydrogens is 618 g/mol. The van der Waals surface area contributed by atoms with Crippen LogP contribution in [0.5, 0.6) is 0 Å². The Morgan fingerprint density at radius 1 is 0.531 bits per heavy atom. The van der Waals surface area contributed by atoms with Gasteiger partial charge in [0, 0.05) is 13.1 Å². The van der Waals surface area contributed by atoms with Gasteiger partial charge in [0.15, 0.2) is 36.1 Å². The van der Waals surface area contributed by atoms with Gasteiger partial charge in [-0.25, -0.2) is 15.0 Å². The molecule has 0 heterocycles.